The van der Waals surface area contributed by atoms with Crippen LogP contribution in [0.2, 0.25) is 0 Å². The molecular weight excluding hydrogens is 509 g/mol. The van der Waals surface area contributed by atoms with Gasteiger partial charge in [-0.25, -0.2) is 14.6 Å². The molecule has 0 saturated heterocycles. The number of halogens is 2. The summed E-state index contributed by atoms with van der Waals surface area (Å²) >= 11 is 3.11. The first-order valence-electron chi connectivity index (χ1n) is 9.84. The second-order valence-electron chi connectivity index (χ2n) is 6.86. The summed E-state index contributed by atoms with van der Waals surface area (Å²) in [6.07, 6.45) is 0. The van der Waals surface area contributed by atoms with Crippen LogP contribution in [0, 0.1) is 5.82 Å². The number of hydrogen-bond donors (Lipinski definition) is 2. The number of amides is 2. The molecular formula is C24H19BrFN3O5. The Balaban J connectivity index is 1.58. The van der Waals surface area contributed by atoms with Crippen molar-refractivity contribution in [1.82, 2.24) is 5.43 Å². The molecule has 174 valence electrons. The molecule has 8 nitrogen and oxygen atoms in total. The molecule has 0 unspecified atom stereocenters. The third kappa shape index (κ3) is 6.48. The van der Waals surface area contributed by atoms with Crippen LogP contribution in [-0.2, 0) is 9.59 Å². The smallest absolute Gasteiger partial charge is 0.343 e. The van der Waals surface area contributed by atoms with Gasteiger partial charge in [0.1, 0.15) is 17.3 Å². The molecule has 0 atom stereocenters. The number of rotatable bonds is 6. The molecule has 0 aromatic heterocycles. The SMILES string of the molecule is COc1cccc(C(=O)Oc2ccc(/C(C)=N/NC(=O)C(=O)Nc3ccc(Br)cc3F)cc2)c1. The number of ether oxygens (including phenoxy) is 2. The Bertz CT molecular complexity index is 1260. The normalized spacial score (nSPS) is 10.9. The third-order valence-electron chi connectivity index (χ3n) is 4.50. The molecule has 0 aliphatic heterocycles. The number of benzene rings is 3. The molecule has 34 heavy (non-hydrogen) atoms. The van der Waals surface area contributed by atoms with Crippen LogP contribution in [0.25, 0.3) is 0 Å². The molecule has 0 spiro atoms. The number of nitrogens with zero attached hydrogens (tertiary/aromatic N) is 1. The summed E-state index contributed by atoms with van der Waals surface area (Å²) in [5.74, 6) is -2.53. The van der Waals surface area contributed by atoms with E-state index in [4.69, 9.17) is 9.47 Å². The Morgan fingerprint density at radius 1 is 0.912 bits per heavy atom. The number of methoxy groups -OCH3 is 1. The van der Waals surface area contributed by atoms with Crippen molar-refractivity contribution in [2.45, 2.75) is 6.92 Å². The number of anilines is 1. The second-order valence-corrected chi connectivity index (χ2v) is 7.78. The van der Waals surface area contributed by atoms with Gasteiger partial charge in [-0.15, -0.1) is 0 Å². The fourth-order valence-corrected chi connectivity index (χ4v) is 3.03. The van der Waals surface area contributed by atoms with E-state index in [2.05, 4.69) is 31.8 Å². The van der Waals surface area contributed by atoms with E-state index in [1.54, 1.807) is 55.5 Å². The number of hydrazone groups is 1. The van der Waals surface area contributed by atoms with Crippen LogP contribution < -0.4 is 20.2 Å². The molecule has 2 N–H and O–H groups in total. The number of esters is 1. The summed E-state index contributed by atoms with van der Waals surface area (Å²) in [6.45, 7) is 1.61. The van der Waals surface area contributed by atoms with Crippen molar-refractivity contribution in [3.05, 3.63) is 88.1 Å². The zero-order valence-corrected chi connectivity index (χ0v) is 19.7. The van der Waals surface area contributed by atoms with Crippen LogP contribution in [0.1, 0.15) is 22.8 Å². The Labute approximate surface area is 202 Å². The maximum Gasteiger partial charge on any atom is 0.343 e. The Morgan fingerprint density at radius 3 is 2.32 bits per heavy atom. The minimum atomic E-state index is -1.07. The van der Waals surface area contributed by atoms with Crippen LogP contribution in [0.5, 0.6) is 11.5 Å². The zero-order valence-electron chi connectivity index (χ0n) is 18.1. The van der Waals surface area contributed by atoms with Gasteiger partial charge in [0.2, 0.25) is 0 Å². The Kier molecular flexibility index (Phi) is 8.10. The molecule has 0 saturated carbocycles. The summed E-state index contributed by atoms with van der Waals surface area (Å²) < 4.78 is 24.7. The van der Waals surface area contributed by atoms with Crippen molar-refractivity contribution in [1.29, 1.82) is 0 Å². The van der Waals surface area contributed by atoms with E-state index < -0.39 is 23.6 Å². The predicted molar refractivity (Wildman–Crippen MR) is 127 cm³/mol. The van der Waals surface area contributed by atoms with Gasteiger partial charge in [-0.1, -0.05) is 22.0 Å². The van der Waals surface area contributed by atoms with Crippen molar-refractivity contribution in [2.24, 2.45) is 5.10 Å². The summed E-state index contributed by atoms with van der Waals surface area (Å²) in [5.41, 5.74) is 3.32. The van der Waals surface area contributed by atoms with E-state index in [1.165, 1.54) is 19.2 Å². The van der Waals surface area contributed by atoms with E-state index in [0.717, 1.165) is 6.07 Å². The molecule has 0 radical (unpaired) electrons. The van der Waals surface area contributed by atoms with Crippen LogP contribution in [0.15, 0.2) is 76.3 Å². The summed E-state index contributed by atoms with van der Waals surface area (Å²) in [7, 11) is 1.50. The quantitative estimate of drug-likeness (QED) is 0.163. The van der Waals surface area contributed by atoms with Crippen molar-refractivity contribution in [3.8, 4) is 11.5 Å². The topological polar surface area (TPSA) is 106 Å². The van der Waals surface area contributed by atoms with Crippen molar-refractivity contribution >= 4 is 45.1 Å². The molecule has 3 aromatic rings. The predicted octanol–water partition coefficient (Wildman–Crippen LogP) is 4.29. The van der Waals surface area contributed by atoms with Crippen LogP contribution in [0.4, 0.5) is 10.1 Å². The molecule has 0 bridgehead atoms. The zero-order chi connectivity index (χ0) is 24.7. The summed E-state index contributed by atoms with van der Waals surface area (Å²) in [5, 5.41) is 6.06. The first-order chi connectivity index (χ1) is 16.3. The van der Waals surface area contributed by atoms with Crippen LogP contribution in [0.3, 0.4) is 0 Å². The number of carbonyl (C=O) groups is 3. The maximum atomic E-state index is 13.8. The van der Waals surface area contributed by atoms with Gasteiger partial charge in [0.05, 0.1) is 24.1 Å². The maximum absolute atomic E-state index is 13.8. The van der Waals surface area contributed by atoms with Gasteiger partial charge in [0.15, 0.2) is 0 Å². The summed E-state index contributed by atoms with van der Waals surface area (Å²) in [4.78, 5) is 36.3. The lowest BCUT2D eigenvalue weighted by Gasteiger charge is -2.08. The minimum absolute atomic E-state index is 0.136. The lowest BCUT2D eigenvalue weighted by molar-refractivity contribution is -0.136. The van der Waals surface area contributed by atoms with E-state index in [-0.39, 0.29) is 5.69 Å². The average molecular weight is 528 g/mol. The van der Waals surface area contributed by atoms with E-state index in [0.29, 0.717) is 32.8 Å². The van der Waals surface area contributed by atoms with Gasteiger partial charge in [0, 0.05) is 4.47 Å². The van der Waals surface area contributed by atoms with Gasteiger partial charge < -0.3 is 14.8 Å². The van der Waals surface area contributed by atoms with Crippen molar-refractivity contribution < 1.29 is 28.2 Å². The van der Waals surface area contributed by atoms with Gasteiger partial charge in [-0.3, -0.25) is 9.59 Å². The monoisotopic (exact) mass is 527 g/mol. The van der Waals surface area contributed by atoms with Gasteiger partial charge in [0.25, 0.3) is 0 Å². The summed E-state index contributed by atoms with van der Waals surface area (Å²) in [6, 6.07) is 17.0. The van der Waals surface area contributed by atoms with Gasteiger partial charge in [-0.05, 0) is 73.2 Å². The highest BCUT2D eigenvalue weighted by Crippen LogP contribution is 2.19. The molecule has 0 fully saturated rings. The van der Waals surface area contributed by atoms with Crippen LogP contribution in [-0.4, -0.2) is 30.6 Å². The Morgan fingerprint density at radius 2 is 1.65 bits per heavy atom. The minimum Gasteiger partial charge on any atom is -0.497 e. The highest BCUT2D eigenvalue weighted by Gasteiger charge is 2.16. The highest BCUT2D eigenvalue weighted by atomic mass is 79.9. The first-order valence-corrected chi connectivity index (χ1v) is 10.6. The van der Waals surface area contributed by atoms with Crippen LogP contribution >= 0.6 is 15.9 Å². The van der Waals surface area contributed by atoms with E-state index in [1.807, 2.05) is 0 Å². The molecule has 10 heteroatoms. The Hall–Kier alpha value is -4.05. The van der Waals surface area contributed by atoms with Gasteiger partial charge in [-0.2, -0.15) is 5.10 Å². The lowest BCUT2D eigenvalue weighted by Crippen LogP contribution is -2.33. The van der Waals surface area contributed by atoms with Gasteiger partial charge >= 0.3 is 17.8 Å². The number of hydrogen-bond acceptors (Lipinski definition) is 6. The molecule has 3 rings (SSSR count). The lowest BCUT2D eigenvalue weighted by atomic mass is 10.1. The average Bonchev–Trinajstić information content (AvgIpc) is 2.84. The molecule has 3 aromatic carbocycles. The number of nitrogens with one attached hydrogen (secondary N) is 2. The molecule has 0 aliphatic carbocycles. The fraction of sp³-hybridized carbons (Fsp3) is 0.0833. The largest absolute Gasteiger partial charge is 0.497 e. The molecule has 0 aliphatic rings. The van der Waals surface area contributed by atoms with Crippen molar-refractivity contribution in [2.75, 3.05) is 12.4 Å². The second kappa shape index (κ2) is 11.2. The standard InChI is InChI=1S/C24H19BrFN3O5/c1-14(28-29-23(31)22(30)27-21-11-8-17(25)13-20(21)26)15-6-9-18(10-7-15)34-24(32)16-4-3-5-19(12-16)33-2/h3-13H,1-2H3,(H,27,30)(H,29,31)/b28-14+. The fourth-order valence-electron chi connectivity index (χ4n) is 2.70. The van der Waals surface area contributed by atoms with E-state index in [9.17, 15) is 18.8 Å². The third-order valence-corrected chi connectivity index (χ3v) is 4.99. The van der Waals surface area contributed by atoms with Crippen molar-refractivity contribution in [3.63, 3.8) is 0 Å². The molecule has 2 amide bonds. The molecule has 0 heterocycles. The highest BCUT2D eigenvalue weighted by molar-refractivity contribution is 9.10. The van der Waals surface area contributed by atoms with E-state index >= 15 is 0 Å². The number of carbonyl (C=O) groups excluding carboxylic acids is 3. The first kappa shape index (κ1) is 24.6.